The zero-order chi connectivity index (χ0) is 12.8. The number of rotatable bonds is 7. The number of aryl methyl sites for hydroxylation is 2. The van der Waals surface area contributed by atoms with Crippen molar-refractivity contribution >= 4 is 0 Å². The molecule has 1 aromatic heterocycles. The van der Waals surface area contributed by atoms with Crippen molar-refractivity contribution in [2.24, 2.45) is 7.05 Å². The summed E-state index contributed by atoms with van der Waals surface area (Å²) in [6.07, 6.45) is 0.892. The number of aliphatic hydroxyl groups is 1. The Morgan fingerprint density at radius 1 is 1.41 bits per heavy atom. The molecule has 0 saturated heterocycles. The van der Waals surface area contributed by atoms with Crippen LogP contribution in [0.25, 0.3) is 0 Å². The first-order valence-corrected chi connectivity index (χ1v) is 6.09. The Bertz CT molecular complexity index is 350. The summed E-state index contributed by atoms with van der Waals surface area (Å²) in [6, 6.07) is 0. The van der Waals surface area contributed by atoms with Crippen LogP contribution in [0, 0.1) is 0 Å². The molecule has 0 bridgehead atoms. The quantitative estimate of drug-likeness (QED) is 0.767. The summed E-state index contributed by atoms with van der Waals surface area (Å²) in [5.74, 6) is 0.818. The van der Waals surface area contributed by atoms with Crippen molar-refractivity contribution in [2.45, 2.75) is 26.8 Å². The fraction of sp³-hybridized carbons (Fsp3) is 0.750. The number of likely N-dealkylation sites (N-methyl/N-ethyl adjacent to an activating group) is 1. The number of hydrogen-bond acceptors (Lipinski definition) is 4. The van der Waals surface area contributed by atoms with E-state index in [0.29, 0.717) is 6.54 Å². The van der Waals surface area contributed by atoms with Gasteiger partial charge in [0.25, 0.3) is 0 Å². The summed E-state index contributed by atoms with van der Waals surface area (Å²) in [5.41, 5.74) is 2.20. The molecule has 0 aliphatic heterocycles. The highest BCUT2D eigenvalue weighted by molar-refractivity contribution is 5.31. The van der Waals surface area contributed by atoms with Gasteiger partial charge in [-0.25, -0.2) is 4.68 Å². The lowest BCUT2D eigenvalue weighted by atomic mass is 10.2. The summed E-state index contributed by atoms with van der Waals surface area (Å²) in [7, 11) is 3.56. The Morgan fingerprint density at radius 3 is 2.59 bits per heavy atom. The van der Waals surface area contributed by atoms with Gasteiger partial charge in [0.15, 0.2) is 0 Å². The SMILES string of the molecule is CCc1nn(C)c(OC)c1CN(CC)CCO. The number of hydrogen-bond donors (Lipinski definition) is 1. The van der Waals surface area contributed by atoms with Gasteiger partial charge in [-0.15, -0.1) is 0 Å². The molecule has 98 valence electrons. The van der Waals surface area contributed by atoms with Gasteiger partial charge in [-0.1, -0.05) is 13.8 Å². The molecule has 0 fully saturated rings. The third kappa shape index (κ3) is 3.20. The molecule has 1 rings (SSSR count). The van der Waals surface area contributed by atoms with Crippen molar-refractivity contribution in [1.29, 1.82) is 0 Å². The van der Waals surface area contributed by atoms with Gasteiger partial charge in [0.1, 0.15) is 0 Å². The van der Waals surface area contributed by atoms with Crippen LogP contribution in [-0.2, 0) is 20.0 Å². The normalized spacial score (nSPS) is 11.2. The molecule has 5 heteroatoms. The monoisotopic (exact) mass is 241 g/mol. The third-order valence-electron chi connectivity index (χ3n) is 2.94. The predicted octanol–water partition coefficient (Wildman–Crippen LogP) is 0.805. The van der Waals surface area contributed by atoms with E-state index < -0.39 is 0 Å². The summed E-state index contributed by atoms with van der Waals surface area (Å²) < 4.78 is 7.17. The van der Waals surface area contributed by atoms with Crippen LogP contribution in [-0.4, -0.2) is 46.6 Å². The fourth-order valence-electron chi connectivity index (χ4n) is 2.02. The predicted molar refractivity (Wildman–Crippen MR) is 67.2 cm³/mol. The van der Waals surface area contributed by atoms with Crippen LogP contribution < -0.4 is 4.74 Å². The van der Waals surface area contributed by atoms with Gasteiger partial charge in [0.2, 0.25) is 5.88 Å². The Labute approximate surface area is 103 Å². The molecule has 0 aliphatic rings. The van der Waals surface area contributed by atoms with E-state index in [4.69, 9.17) is 9.84 Å². The van der Waals surface area contributed by atoms with Crippen molar-refractivity contribution < 1.29 is 9.84 Å². The van der Waals surface area contributed by atoms with E-state index in [1.807, 2.05) is 7.05 Å². The van der Waals surface area contributed by atoms with Crippen LogP contribution in [0.1, 0.15) is 25.1 Å². The maximum Gasteiger partial charge on any atom is 0.216 e. The van der Waals surface area contributed by atoms with Gasteiger partial charge in [-0.2, -0.15) is 5.10 Å². The molecule has 1 N–H and O–H groups in total. The minimum Gasteiger partial charge on any atom is -0.481 e. The Hall–Kier alpha value is -1.07. The van der Waals surface area contributed by atoms with E-state index in [2.05, 4.69) is 23.8 Å². The van der Waals surface area contributed by atoms with Gasteiger partial charge >= 0.3 is 0 Å². The smallest absolute Gasteiger partial charge is 0.216 e. The number of nitrogens with zero attached hydrogens (tertiary/aromatic N) is 3. The standard InChI is InChI=1S/C12H23N3O2/c1-5-11-10(9-15(6-2)7-8-16)12(17-4)14(3)13-11/h16H,5-9H2,1-4H3. The Kier molecular flexibility index (Phi) is 5.44. The first-order chi connectivity index (χ1) is 8.17. The van der Waals surface area contributed by atoms with Crippen LogP contribution in [0.15, 0.2) is 0 Å². The maximum atomic E-state index is 9.01. The van der Waals surface area contributed by atoms with Crippen LogP contribution in [0.5, 0.6) is 5.88 Å². The van der Waals surface area contributed by atoms with Crippen LogP contribution in [0.2, 0.25) is 0 Å². The van der Waals surface area contributed by atoms with E-state index in [1.54, 1.807) is 11.8 Å². The lowest BCUT2D eigenvalue weighted by Crippen LogP contribution is -2.26. The van der Waals surface area contributed by atoms with Gasteiger partial charge in [-0.3, -0.25) is 4.90 Å². The van der Waals surface area contributed by atoms with Crippen molar-refractivity contribution in [1.82, 2.24) is 14.7 Å². The zero-order valence-electron chi connectivity index (χ0n) is 11.2. The van der Waals surface area contributed by atoms with E-state index in [9.17, 15) is 0 Å². The molecule has 0 radical (unpaired) electrons. The van der Waals surface area contributed by atoms with E-state index in [0.717, 1.165) is 36.6 Å². The number of ether oxygens (including phenoxy) is 1. The molecule has 0 amide bonds. The van der Waals surface area contributed by atoms with Crippen molar-refractivity contribution in [3.8, 4) is 5.88 Å². The molecular weight excluding hydrogens is 218 g/mol. The van der Waals surface area contributed by atoms with Crippen LogP contribution >= 0.6 is 0 Å². The number of methoxy groups -OCH3 is 1. The maximum absolute atomic E-state index is 9.01. The molecule has 0 spiro atoms. The fourth-order valence-corrected chi connectivity index (χ4v) is 2.02. The first-order valence-electron chi connectivity index (χ1n) is 6.09. The molecule has 5 nitrogen and oxygen atoms in total. The van der Waals surface area contributed by atoms with E-state index in [-0.39, 0.29) is 6.61 Å². The first kappa shape index (κ1) is 14.0. The zero-order valence-corrected chi connectivity index (χ0v) is 11.2. The Balaban J connectivity index is 2.94. The second-order valence-corrected chi connectivity index (χ2v) is 4.00. The lowest BCUT2D eigenvalue weighted by molar-refractivity contribution is 0.194. The van der Waals surface area contributed by atoms with Gasteiger partial charge in [0, 0.05) is 20.1 Å². The Morgan fingerprint density at radius 2 is 2.12 bits per heavy atom. The minimum atomic E-state index is 0.178. The molecule has 0 atom stereocenters. The molecule has 1 heterocycles. The summed E-state index contributed by atoms with van der Waals surface area (Å²) in [4.78, 5) is 2.18. The molecule has 0 aromatic carbocycles. The highest BCUT2D eigenvalue weighted by atomic mass is 16.5. The second kappa shape index (κ2) is 6.61. The average molecular weight is 241 g/mol. The molecular formula is C12H23N3O2. The van der Waals surface area contributed by atoms with Gasteiger partial charge in [-0.05, 0) is 13.0 Å². The van der Waals surface area contributed by atoms with Gasteiger partial charge < -0.3 is 9.84 Å². The van der Waals surface area contributed by atoms with Crippen molar-refractivity contribution in [3.05, 3.63) is 11.3 Å². The molecule has 17 heavy (non-hydrogen) atoms. The molecule has 0 unspecified atom stereocenters. The number of aliphatic hydroxyl groups excluding tert-OH is 1. The van der Waals surface area contributed by atoms with Gasteiger partial charge in [0.05, 0.1) is 25.0 Å². The highest BCUT2D eigenvalue weighted by Gasteiger charge is 2.17. The lowest BCUT2D eigenvalue weighted by Gasteiger charge is -2.19. The molecule has 0 aliphatic carbocycles. The summed E-state index contributed by atoms with van der Waals surface area (Å²) >= 11 is 0. The summed E-state index contributed by atoms with van der Waals surface area (Å²) in [6.45, 7) is 6.71. The minimum absolute atomic E-state index is 0.178. The second-order valence-electron chi connectivity index (χ2n) is 4.00. The topological polar surface area (TPSA) is 50.5 Å². The summed E-state index contributed by atoms with van der Waals surface area (Å²) in [5, 5.41) is 13.5. The van der Waals surface area contributed by atoms with Crippen LogP contribution in [0.3, 0.4) is 0 Å². The largest absolute Gasteiger partial charge is 0.481 e. The van der Waals surface area contributed by atoms with Crippen molar-refractivity contribution in [3.63, 3.8) is 0 Å². The molecule has 0 saturated carbocycles. The van der Waals surface area contributed by atoms with E-state index >= 15 is 0 Å². The molecule has 1 aromatic rings. The highest BCUT2D eigenvalue weighted by Crippen LogP contribution is 2.23. The average Bonchev–Trinajstić information content (AvgIpc) is 2.64. The van der Waals surface area contributed by atoms with Crippen LogP contribution in [0.4, 0.5) is 0 Å². The van der Waals surface area contributed by atoms with Crippen molar-refractivity contribution in [2.75, 3.05) is 26.8 Å². The van der Waals surface area contributed by atoms with E-state index in [1.165, 1.54) is 0 Å². The third-order valence-corrected chi connectivity index (χ3v) is 2.94. The number of aromatic nitrogens is 2.